The molecule has 2 aromatic rings. The average molecular weight is 385 g/mol. The highest BCUT2D eigenvalue weighted by atomic mass is 79.9. The Kier molecular flexibility index (Phi) is 5.98. The van der Waals surface area contributed by atoms with Gasteiger partial charge in [-0.1, -0.05) is 46.6 Å². The molecule has 0 aliphatic carbocycles. The van der Waals surface area contributed by atoms with Crippen LogP contribution in [0.4, 0.5) is 4.39 Å². The van der Waals surface area contributed by atoms with Gasteiger partial charge in [-0.3, -0.25) is 4.79 Å². The molecule has 0 aliphatic rings. The molecule has 0 spiro atoms. The first-order chi connectivity index (χ1) is 10.5. The second-order valence-corrected chi connectivity index (χ2v) is 6.32. The number of carbonyl (C=O) groups excluding carboxylic acids is 1. The summed E-state index contributed by atoms with van der Waals surface area (Å²) in [5.74, 6) is -0.749. The lowest BCUT2D eigenvalue weighted by Gasteiger charge is -2.16. The van der Waals surface area contributed by atoms with Crippen molar-refractivity contribution in [2.45, 2.75) is 25.8 Å². The minimum absolute atomic E-state index is 0.121. The van der Waals surface area contributed by atoms with Crippen LogP contribution >= 0.6 is 27.5 Å². The monoisotopic (exact) mass is 383 g/mol. The molecule has 1 amide bonds. The molecular weight excluding hydrogens is 369 g/mol. The van der Waals surface area contributed by atoms with Crippen molar-refractivity contribution in [3.8, 4) is 0 Å². The van der Waals surface area contributed by atoms with E-state index in [4.69, 9.17) is 11.6 Å². The molecular formula is C17H16BrClFNO. The standard InChI is InChI=1S/C17H16BrClFNO/c1-2-15(11-3-5-13(18)6-4-11)17(22)21-10-12-9-14(19)7-8-16(12)20/h3-9,15H,2,10H2,1H3,(H,21,22)/t15-/m0/s1. The highest BCUT2D eigenvalue weighted by Gasteiger charge is 2.18. The number of halogens is 3. The lowest BCUT2D eigenvalue weighted by Crippen LogP contribution is -2.29. The molecule has 0 saturated heterocycles. The van der Waals surface area contributed by atoms with Crippen molar-refractivity contribution in [1.29, 1.82) is 0 Å². The summed E-state index contributed by atoms with van der Waals surface area (Å²) >= 11 is 9.22. The maximum absolute atomic E-state index is 13.7. The van der Waals surface area contributed by atoms with E-state index in [1.165, 1.54) is 18.2 Å². The van der Waals surface area contributed by atoms with Gasteiger partial charge >= 0.3 is 0 Å². The van der Waals surface area contributed by atoms with Gasteiger partial charge in [0.05, 0.1) is 5.92 Å². The highest BCUT2D eigenvalue weighted by Crippen LogP contribution is 2.22. The molecule has 2 nitrogen and oxygen atoms in total. The number of hydrogen-bond acceptors (Lipinski definition) is 1. The van der Waals surface area contributed by atoms with Crippen LogP contribution in [0.1, 0.15) is 30.4 Å². The van der Waals surface area contributed by atoms with Crippen LogP contribution in [-0.2, 0) is 11.3 Å². The fourth-order valence-electron chi connectivity index (χ4n) is 2.25. The molecule has 1 N–H and O–H groups in total. The van der Waals surface area contributed by atoms with E-state index in [0.717, 1.165) is 10.0 Å². The van der Waals surface area contributed by atoms with Gasteiger partial charge in [-0.25, -0.2) is 4.39 Å². The van der Waals surface area contributed by atoms with Crippen molar-refractivity contribution in [2.24, 2.45) is 0 Å². The molecule has 2 aromatic carbocycles. The molecule has 5 heteroatoms. The number of nitrogens with one attached hydrogen (secondary N) is 1. The fraction of sp³-hybridized carbons (Fsp3) is 0.235. The van der Waals surface area contributed by atoms with E-state index >= 15 is 0 Å². The summed E-state index contributed by atoms with van der Waals surface area (Å²) in [6, 6.07) is 12.0. The Bertz CT molecular complexity index is 660. The average Bonchev–Trinajstić information content (AvgIpc) is 2.51. The Hall–Kier alpha value is -1.39. The number of hydrogen-bond donors (Lipinski definition) is 1. The van der Waals surface area contributed by atoms with Gasteiger partial charge in [-0.15, -0.1) is 0 Å². The summed E-state index contributed by atoms with van der Waals surface area (Å²) < 4.78 is 14.6. The molecule has 0 heterocycles. The van der Waals surface area contributed by atoms with Crippen molar-refractivity contribution in [3.63, 3.8) is 0 Å². The first kappa shape index (κ1) is 17.0. The van der Waals surface area contributed by atoms with E-state index in [2.05, 4.69) is 21.2 Å². The quantitative estimate of drug-likeness (QED) is 0.768. The maximum Gasteiger partial charge on any atom is 0.227 e. The van der Waals surface area contributed by atoms with E-state index < -0.39 is 0 Å². The summed E-state index contributed by atoms with van der Waals surface area (Å²) in [5.41, 5.74) is 1.32. The second-order valence-electron chi connectivity index (χ2n) is 4.97. The van der Waals surface area contributed by atoms with Gasteiger partial charge in [0.1, 0.15) is 5.82 Å². The van der Waals surface area contributed by atoms with Crippen molar-refractivity contribution in [1.82, 2.24) is 5.32 Å². The van der Waals surface area contributed by atoms with Gasteiger partial charge in [-0.05, 0) is 42.3 Å². The number of carbonyl (C=O) groups is 1. The summed E-state index contributed by atoms with van der Waals surface area (Å²) in [6.45, 7) is 2.07. The third kappa shape index (κ3) is 4.31. The predicted octanol–water partition coefficient (Wildman–Crippen LogP) is 5.05. The first-order valence-electron chi connectivity index (χ1n) is 6.98. The van der Waals surface area contributed by atoms with Crippen LogP contribution < -0.4 is 5.32 Å². The maximum atomic E-state index is 13.7. The molecule has 0 unspecified atom stereocenters. The Balaban J connectivity index is 2.06. The van der Waals surface area contributed by atoms with E-state index in [0.29, 0.717) is 17.0 Å². The molecule has 22 heavy (non-hydrogen) atoms. The lowest BCUT2D eigenvalue weighted by molar-refractivity contribution is -0.122. The van der Waals surface area contributed by atoms with Crippen LogP contribution in [0.15, 0.2) is 46.9 Å². The van der Waals surface area contributed by atoms with Crippen molar-refractivity contribution < 1.29 is 9.18 Å². The Morgan fingerprint density at radius 1 is 1.27 bits per heavy atom. The summed E-state index contributed by atoms with van der Waals surface area (Å²) in [5, 5.41) is 3.23. The fourth-order valence-corrected chi connectivity index (χ4v) is 2.71. The van der Waals surface area contributed by atoms with Crippen molar-refractivity contribution in [3.05, 3.63) is 68.9 Å². The second kappa shape index (κ2) is 7.75. The Labute approximate surface area is 142 Å². The lowest BCUT2D eigenvalue weighted by atomic mass is 9.95. The molecule has 0 aromatic heterocycles. The van der Waals surface area contributed by atoms with Gasteiger partial charge in [0.25, 0.3) is 0 Å². The van der Waals surface area contributed by atoms with Gasteiger partial charge in [0.15, 0.2) is 0 Å². The molecule has 2 rings (SSSR count). The molecule has 116 valence electrons. The Morgan fingerprint density at radius 3 is 2.59 bits per heavy atom. The number of rotatable bonds is 5. The van der Waals surface area contributed by atoms with Crippen LogP contribution in [0, 0.1) is 5.82 Å². The van der Waals surface area contributed by atoms with Crippen molar-refractivity contribution >= 4 is 33.4 Å². The van der Waals surface area contributed by atoms with Gasteiger partial charge in [0.2, 0.25) is 5.91 Å². The summed E-state index contributed by atoms with van der Waals surface area (Å²) in [6.07, 6.45) is 0.672. The van der Waals surface area contributed by atoms with Gasteiger partial charge in [0, 0.05) is 21.6 Å². The van der Waals surface area contributed by atoms with E-state index in [-0.39, 0.29) is 24.2 Å². The molecule has 0 fully saturated rings. The molecule has 0 aliphatic heterocycles. The normalized spacial score (nSPS) is 12.0. The van der Waals surface area contributed by atoms with Crippen molar-refractivity contribution in [2.75, 3.05) is 0 Å². The van der Waals surface area contributed by atoms with Crippen LogP contribution in [0.3, 0.4) is 0 Å². The van der Waals surface area contributed by atoms with E-state index in [9.17, 15) is 9.18 Å². The SMILES string of the molecule is CC[C@H](C(=O)NCc1cc(Cl)ccc1F)c1ccc(Br)cc1. The molecule has 0 saturated carbocycles. The predicted molar refractivity (Wildman–Crippen MR) is 90.4 cm³/mol. The van der Waals surface area contributed by atoms with Crippen LogP contribution in [-0.4, -0.2) is 5.91 Å². The third-order valence-corrected chi connectivity index (χ3v) is 4.22. The summed E-state index contributed by atoms with van der Waals surface area (Å²) in [4.78, 5) is 12.4. The largest absolute Gasteiger partial charge is 0.351 e. The van der Waals surface area contributed by atoms with E-state index in [1.54, 1.807) is 0 Å². The third-order valence-electron chi connectivity index (χ3n) is 3.46. The smallest absolute Gasteiger partial charge is 0.227 e. The van der Waals surface area contributed by atoms with Gasteiger partial charge in [-0.2, -0.15) is 0 Å². The molecule has 0 bridgehead atoms. The number of amides is 1. The van der Waals surface area contributed by atoms with E-state index in [1.807, 2.05) is 31.2 Å². The minimum Gasteiger partial charge on any atom is -0.351 e. The first-order valence-corrected chi connectivity index (χ1v) is 8.15. The zero-order chi connectivity index (χ0) is 16.1. The summed E-state index contributed by atoms with van der Waals surface area (Å²) in [7, 11) is 0. The molecule has 0 radical (unpaired) electrons. The minimum atomic E-state index is -0.374. The topological polar surface area (TPSA) is 29.1 Å². The Morgan fingerprint density at radius 2 is 1.95 bits per heavy atom. The van der Waals surface area contributed by atoms with Crippen LogP contribution in [0.25, 0.3) is 0 Å². The number of benzene rings is 2. The zero-order valence-electron chi connectivity index (χ0n) is 12.1. The van der Waals surface area contributed by atoms with Gasteiger partial charge < -0.3 is 5.32 Å². The zero-order valence-corrected chi connectivity index (χ0v) is 14.4. The highest BCUT2D eigenvalue weighted by molar-refractivity contribution is 9.10. The van der Waals surface area contributed by atoms with Crippen LogP contribution in [0.5, 0.6) is 0 Å². The van der Waals surface area contributed by atoms with Crippen LogP contribution in [0.2, 0.25) is 5.02 Å². The molecule has 1 atom stereocenters.